The molecule has 1 aliphatic rings. The third-order valence-electron chi connectivity index (χ3n) is 4.48. The minimum atomic E-state index is 0. The zero-order valence-electron chi connectivity index (χ0n) is 14.0. The summed E-state index contributed by atoms with van der Waals surface area (Å²) in [6, 6.07) is 0.132. The van der Waals surface area contributed by atoms with Crippen molar-refractivity contribution < 1.29 is 9.32 Å². The molecule has 1 aliphatic carbocycles. The van der Waals surface area contributed by atoms with E-state index in [0.717, 1.165) is 22.8 Å². The molecule has 2 rings (SSSR count). The molecule has 1 aromatic heterocycles. The van der Waals surface area contributed by atoms with Gasteiger partial charge in [0.1, 0.15) is 5.76 Å². The van der Waals surface area contributed by atoms with Crippen LogP contribution in [-0.2, 0) is 10.5 Å². The second kappa shape index (κ2) is 10.2. The smallest absolute Gasteiger partial charge is 0.230 e. The maximum absolute atomic E-state index is 12.1. The van der Waals surface area contributed by atoms with Gasteiger partial charge < -0.3 is 15.6 Å². The summed E-state index contributed by atoms with van der Waals surface area (Å²) in [7, 11) is 0. The lowest BCUT2D eigenvalue weighted by Gasteiger charge is -2.30. The lowest BCUT2D eigenvalue weighted by Crippen LogP contribution is -2.46. The number of aromatic nitrogens is 1. The van der Waals surface area contributed by atoms with E-state index in [-0.39, 0.29) is 24.4 Å². The predicted octanol–water partition coefficient (Wildman–Crippen LogP) is 2.97. The van der Waals surface area contributed by atoms with Gasteiger partial charge in [-0.2, -0.15) is 0 Å². The van der Waals surface area contributed by atoms with E-state index in [1.54, 1.807) is 11.8 Å². The zero-order valence-corrected chi connectivity index (χ0v) is 15.6. The fourth-order valence-electron chi connectivity index (χ4n) is 3.11. The van der Waals surface area contributed by atoms with Gasteiger partial charge in [-0.25, -0.2) is 0 Å². The van der Waals surface area contributed by atoms with Crippen LogP contribution < -0.4 is 11.1 Å². The number of hydrogen-bond acceptors (Lipinski definition) is 5. The molecule has 1 unspecified atom stereocenters. The van der Waals surface area contributed by atoms with Crippen molar-refractivity contribution in [2.45, 2.75) is 57.7 Å². The second-order valence-electron chi connectivity index (χ2n) is 6.10. The fraction of sp³-hybridized carbons (Fsp3) is 0.750. The van der Waals surface area contributed by atoms with Crippen molar-refractivity contribution in [3.63, 3.8) is 0 Å². The van der Waals surface area contributed by atoms with Crippen molar-refractivity contribution in [2.24, 2.45) is 11.7 Å². The van der Waals surface area contributed by atoms with Gasteiger partial charge in [-0.1, -0.05) is 24.4 Å². The molecule has 1 atom stereocenters. The number of hydrogen-bond donors (Lipinski definition) is 2. The summed E-state index contributed by atoms with van der Waals surface area (Å²) in [6.45, 7) is 4.37. The SMILES string of the molecule is Cc1noc(C)c1CSCC(=O)NC(CN)C1CCCCC1.Cl. The summed E-state index contributed by atoms with van der Waals surface area (Å²) in [5.41, 5.74) is 7.86. The number of amides is 1. The van der Waals surface area contributed by atoms with Crippen LogP contribution in [0.5, 0.6) is 0 Å². The molecule has 1 amide bonds. The number of nitrogens with two attached hydrogens (primary N) is 1. The van der Waals surface area contributed by atoms with Gasteiger partial charge in [-0.15, -0.1) is 24.2 Å². The van der Waals surface area contributed by atoms with Crippen LogP contribution in [-0.4, -0.2) is 29.4 Å². The lowest BCUT2D eigenvalue weighted by molar-refractivity contribution is -0.119. The van der Waals surface area contributed by atoms with Gasteiger partial charge >= 0.3 is 0 Å². The summed E-state index contributed by atoms with van der Waals surface area (Å²) in [5.74, 6) is 2.68. The Hall–Kier alpha value is -0.720. The molecule has 132 valence electrons. The number of nitrogens with zero attached hydrogens (tertiary/aromatic N) is 1. The highest BCUT2D eigenvalue weighted by Crippen LogP contribution is 2.26. The molecule has 3 N–H and O–H groups in total. The quantitative estimate of drug-likeness (QED) is 0.780. The molecule has 0 aromatic carbocycles. The van der Waals surface area contributed by atoms with Crippen molar-refractivity contribution in [3.05, 3.63) is 17.0 Å². The highest BCUT2D eigenvalue weighted by Gasteiger charge is 2.23. The van der Waals surface area contributed by atoms with Gasteiger partial charge in [0.15, 0.2) is 0 Å². The first-order chi connectivity index (χ1) is 10.6. The van der Waals surface area contributed by atoms with Crippen molar-refractivity contribution in [3.8, 4) is 0 Å². The van der Waals surface area contributed by atoms with Gasteiger partial charge in [0.25, 0.3) is 0 Å². The monoisotopic (exact) mass is 361 g/mol. The topological polar surface area (TPSA) is 81.2 Å². The number of nitrogens with one attached hydrogen (secondary N) is 1. The van der Waals surface area contributed by atoms with Gasteiger partial charge in [0.05, 0.1) is 11.4 Å². The minimum absolute atomic E-state index is 0. The lowest BCUT2D eigenvalue weighted by atomic mass is 9.84. The highest BCUT2D eigenvalue weighted by atomic mass is 35.5. The Morgan fingerprint density at radius 1 is 1.39 bits per heavy atom. The van der Waals surface area contributed by atoms with Gasteiger partial charge in [-0.05, 0) is 32.6 Å². The number of aryl methyl sites for hydroxylation is 2. The maximum atomic E-state index is 12.1. The molecular weight excluding hydrogens is 334 g/mol. The maximum Gasteiger partial charge on any atom is 0.230 e. The van der Waals surface area contributed by atoms with Crippen LogP contribution in [0.3, 0.4) is 0 Å². The van der Waals surface area contributed by atoms with Crippen molar-refractivity contribution in [2.75, 3.05) is 12.3 Å². The van der Waals surface area contributed by atoms with Gasteiger partial charge in [-0.3, -0.25) is 4.79 Å². The first-order valence-electron chi connectivity index (χ1n) is 8.10. The Morgan fingerprint density at radius 2 is 2.09 bits per heavy atom. The van der Waals surface area contributed by atoms with Crippen LogP contribution in [0.4, 0.5) is 0 Å². The number of halogens is 1. The Bertz CT molecular complexity index is 470. The van der Waals surface area contributed by atoms with E-state index in [1.807, 2.05) is 13.8 Å². The Balaban J connectivity index is 0.00000264. The molecule has 0 radical (unpaired) electrons. The average Bonchev–Trinajstić information content (AvgIpc) is 2.85. The summed E-state index contributed by atoms with van der Waals surface area (Å²) < 4.78 is 5.13. The van der Waals surface area contributed by atoms with Crippen LogP contribution in [0.1, 0.15) is 49.1 Å². The molecule has 5 nitrogen and oxygen atoms in total. The third kappa shape index (κ3) is 6.01. The summed E-state index contributed by atoms with van der Waals surface area (Å²) in [5, 5.41) is 7.05. The molecule has 0 aliphatic heterocycles. The Morgan fingerprint density at radius 3 is 2.65 bits per heavy atom. The normalized spacial score (nSPS) is 16.7. The third-order valence-corrected chi connectivity index (χ3v) is 5.44. The van der Waals surface area contributed by atoms with Crippen LogP contribution in [0.15, 0.2) is 4.52 Å². The number of thioether (sulfide) groups is 1. The van der Waals surface area contributed by atoms with E-state index in [9.17, 15) is 4.79 Å². The highest BCUT2D eigenvalue weighted by molar-refractivity contribution is 7.99. The van der Waals surface area contributed by atoms with E-state index >= 15 is 0 Å². The first-order valence-corrected chi connectivity index (χ1v) is 9.26. The zero-order chi connectivity index (χ0) is 15.9. The van der Waals surface area contributed by atoms with Crippen molar-refractivity contribution in [1.29, 1.82) is 0 Å². The van der Waals surface area contributed by atoms with Crippen molar-refractivity contribution >= 4 is 30.1 Å². The average molecular weight is 362 g/mol. The Kier molecular flexibility index (Phi) is 9.02. The van der Waals surface area contributed by atoms with E-state index in [4.69, 9.17) is 10.3 Å². The van der Waals surface area contributed by atoms with E-state index in [2.05, 4.69) is 10.5 Å². The summed E-state index contributed by atoms with van der Waals surface area (Å²) in [4.78, 5) is 12.1. The fourth-order valence-corrected chi connectivity index (χ4v) is 4.10. The standard InChI is InChI=1S/C16H27N3O2S.ClH/c1-11-14(12(2)21-19-11)9-22-10-16(20)18-15(8-17)13-6-4-3-5-7-13;/h13,15H,3-10,17H2,1-2H3,(H,18,20);1H. The van der Waals surface area contributed by atoms with Gasteiger partial charge in [0, 0.05) is 23.9 Å². The van der Waals surface area contributed by atoms with Gasteiger partial charge in [0.2, 0.25) is 5.91 Å². The van der Waals surface area contributed by atoms with Crippen LogP contribution in [0.25, 0.3) is 0 Å². The van der Waals surface area contributed by atoms with E-state index < -0.39 is 0 Å². The molecule has 1 heterocycles. The number of carbonyl (C=O) groups is 1. The molecular formula is C16H28ClN3O2S. The largest absolute Gasteiger partial charge is 0.361 e. The number of carbonyl (C=O) groups excluding carboxylic acids is 1. The molecule has 7 heteroatoms. The summed E-state index contributed by atoms with van der Waals surface area (Å²) in [6.07, 6.45) is 6.22. The first kappa shape index (κ1) is 20.3. The molecule has 1 fully saturated rings. The molecule has 0 saturated heterocycles. The molecule has 0 spiro atoms. The van der Waals surface area contributed by atoms with Crippen LogP contribution >= 0.6 is 24.2 Å². The van der Waals surface area contributed by atoms with E-state index in [0.29, 0.717) is 18.2 Å². The minimum Gasteiger partial charge on any atom is -0.361 e. The second-order valence-corrected chi connectivity index (χ2v) is 7.09. The Labute approximate surface area is 148 Å². The molecule has 1 saturated carbocycles. The predicted molar refractivity (Wildman–Crippen MR) is 96.9 cm³/mol. The van der Waals surface area contributed by atoms with Crippen LogP contribution in [0, 0.1) is 19.8 Å². The van der Waals surface area contributed by atoms with Crippen molar-refractivity contribution in [1.82, 2.24) is 10.5 Å². The molecule has 1 aromatic rings. The molecule has 0 bridgehead atoms. The van der Waals surface area contributed by atoms with Crippen LogP contribution in [0.2, 0.25) is 0 Å². The molecule has 23 heavy (non-hydrogen) atoms. The number of rotatable bonds is 7. The summed E-state index contributed by atoms with van der Waals surface area (Å²) >= 11 is 1.59. The van der Waals surface area contributed by atoms with E-state index in [1.165, 1.54) is 32.1 Å².